The number of carbonyl (C=O) groups is 1. The average molecular weight is 421 g/mol. The average Bonchev–Trinajstić information content (AvgIpc) is 3.48. The lowest BCUT2D eigenvalue weighted by Gasteiger charge is -2.58. The van der Waals surface area contributed by atoms with Gasteiger partial charge in [-0.05, 0) is 26.7 Å². The van der Waals surface area contributed by atoms with Crippen molar-refractivity contribution in [3.05, 3.63) is 36.0 Å². The molecule has 0 aromatic carbocycles. The predicted octanol–water partition coefficient (Wildman–Crippen LogP) is 1.42. The fourth-order valence-electron chi connectivity index (χ4n) is 5.82. The minimum absolute atomic E-state index is 0.0559. The number of allylic oxidation sites excluding steroid dienone is 3. The van der Waals surface area contributed by atoms with Gasteiger partial charge in [-0.1, -0.05) is 36.8 Å². The highest BCUT2D eigenvalue weighted by molar-refractivity contribution is 5.82. The van der Waals surface area contributed by atoms with Gasteiger partial charge in [0.15, 0.2) is 0 Å². The quantitative estimate of drug-likeness (QED) is 0.196. The highest BCUT2D eigenvalue weighted by Crippen LogP contribution is 2.71. The number of hydrogen-bond donors (Lipinski definition) is 3. The standard InChI is InChI=1S/C23H32O7/c1-14-8-9-22(12-24)18(10-14)29-19-11-17(21(22,3)23(19)13-28-23)30-20(27)7-5-4-6-16(26)15(2)25/h4-7,10,15-19,24-26H,8-9,11-13H2,1-3H3/b6-4+,7-5-/t15-,16-,17+,18+,19+,21+,22+,23?/m0/s1. The Labute approximate surface area is 177 Å². The predicted molar refractivity (Wildman–Crippen MR) is 108 cm³/mol. The SMILES string of the molecule is CC1=C[C@H]2O[C@@H]3C[C@@H](OC(=O)/C=C\C=C\[C@H](O)[C@H](C)O)[C@@](C)(C34CO4)[C@@]2(CO)CC1. The molecule has 0 aromatic rings. The van der Waals surface area contributed by atoms with E-state index in [2.05, 4.69) is 19.9 Å². The second-order valence-corrected chi connectivity index (χ2v) is 9.39. The Balaban J connectivity index is 1.55. The largest absolute Gasteiger partial charge is 0.458 e. The van der Waals surface area contributed by atoms with Crippen LogP contribution in [0.5, 0.6) is 0 Å². The third kappa shape index (κ3) is 3.02. The van der Waals surface area contributed by atoms with Crippen molar-refractivity contribution in [2.45, 2.75) is 76.2 Å². The molecule has 2 saturated heterocycles. The summed E-state index contributed by atoms with van der Waals surface area (Å²) in [5.74, 6) is -0.493. The number of fused-ring (bicyclic) bond motifs is 2. The Morgan fingerprint density at radius 1 is 1.40 bits per heavy atom. The molecule has 7 nitrogen and oxygen atoms in total. The molecule has 1 saturated carbocycles. The minimum Gasteiger partial charge on any atom is -0.458 e. The van der Waals surface area contributed by atoms with Gasteiger partial charge >= 0.3 is 5.97 Å². The van der Waals surface area contributed by atoms with Gasteiger partial charge in [-0.15, -0.1) is 0 Å². The van der Waals surface area contributed by atoms with E-state index in [4.69, 9.17) is 14.2 Å². The smallest absolute Gasteiger partial charge is 0.331 e. The lowest BCUT2D eigenvalue weighted by atomic mass is 9.51. The summed E-state index contributed by atoms with van der Waals surface area (Å²) >= 11 is 0. The van der Waals surface area contributed by atoms with E-state index in [9.17, 15) is 20.1 Å². The summed E-state index contributed by atoms with van der Waals surface area (Å²) in [5.41, 5.74) is -0.378. The Morgan fingerprint density at radius 3 is 2.77 bits per heavy atom. The molecule has 1 unspecified atom stereocenters. The van der Waals surface area contributed by atoms with Gasteiger partial charge in [0.1, 0.15) is 11.7 Å². The number of carbonyl (C=O) groups excluding carboxylic acids is 1. The minimum atomic E-state index is -0.994. The Bertz CT molecular complexity index is 780. The van der Waals surface area contributed by atoms with Crippen LogP contribution in [0.1, 0.15) is 40.0 Å². The Hall–Kier alpha value is -1.51. The highest BCUT2D eigenvalue weighted by atomic mass is 16.6. The van der Waals surface area contributed by atoms with Gasteiger partial charge in [0.2, 0.25) is 0 Å². The van der Waals surface area contributed by atoms with Crippen molar-refractivity contribution in [2.24, 2.45) is 10.8 Å². The van der Waals surface area contributed by atoms with Crippen molar-refractivity contribution in [1.29, 1.82) is 0 Å². The molecule has 3 N–H and O–H groups in total. The number of esters is 1. The molecule has 2 aliphatic carbocycles. The summed E-state index contributed by atoms with van der Waals surface area (Å²) in [6.45, 7) is 6.14. The van der Waals surface area contributed by atoms with Gasteiger partial charge in [0.25, 0.3) is 0 Å². The van der Waals surface area contributed by atoms with Crippen LogP contribution < -0.4 is 0 Å². The third-order valence-corrected chi connectivity index (χ3v) is 7.90. The van der Waals surface area contributed by atoms with Crippen molar-refractivity contribution < 1.29 is 34.3 Å². The van der Waals surface area contributed by atoms with Gasteiger partial charge in [0.05, 0.1) is 37.6 Å². The molecule has 0 amide bonds. The van der Waals surface area contributed by atoms with E-state index in [1.807, 2.05) is 0 Å². The van der Waals surface area contributed by atoms with Crippen LogP contribution in [0.25, 0.3) is 0 Å². The van der Waals surface area contributed by atoms with Gasteiger partial charge in [-0.25, -0.2) is 4.79 Å². The molecule has 0 radical (unpaired) electrons. The lowest BCUT2D eigenvalue weighted by Crippen LogP contribution is -2.66. The summed E-state index contributed by atoms with van der Waals surface area (Å²) in [6.07, 6.45) is 7.27. The Kier molecular flexibility index (Phi) is 5.48. The zero-order chi connectivity index (χ0) is 21.7. The van der Waals surface area contributed by atoms with Gasteiger partial charge in [-0.2, -0.15) is 0 Å². The van der Waals surface area contributed by atoms with E-state index in [1.54, 1.807) is 0 Å². The molecule has 4 aliphatic rings. The number of aliphatic hydroxyl groups excluding tert-OH is 3. The van der Waals surface area contributed by atoms with E-state index in [1.165, 1.54) is 36.8 Å². The molecule has 2 bridgehead atoms. The van der Waals surface area contributed by atoms with E-state index >= 15 is 0 Å². The molecule has 7 heteroatoms. The van der Waals surface area contributed by atoms with E-state index < -0.39 is 40.7 Å². The summed E-state index contributed by atoms with van der Waals surface area (Å²) < 4.78 is 18.3. The fourth-order valence-corrected chi connectivity index (χ4v) is 5.82. The molecule has 3 fully saturated rings. The van der Waals surface area contributed by atoms with Crippen LogP contribution in [0.4, 0.5) is 0 Å². The fraction of sp³-hybridized carbons (Fsp3) is 0.696. The van der Waals surface area contributed by atoms with E-state index in [0.29, 0.717) is 13.0 Å². The van der Waals surface area contributed by atoms with Crippen LogP contribution in [0.3, 0.4) is 0 Å². The lowest BCUT2D eigenvalue weighted by molar-refractivity contribution is -0.228. The van der Waals surface area contributed by atoms with Crippen LogP contribution >= 0.6 is 0 Å². The van der Waals surface area contributed by atoms with Crippen molar-refractivity contribution in [2.75, 3.05) is 13.2 Å². The second-order valence-electron chi connectivity index (χ2n) is 9.39. The van der Waals surface area contributed by atoms with Gasteiger partial charge in [-0.3, -0.25) is 0 Å². The first kappa shape index (κ1) is 21.7. The van der Waals surface area contributed by atoms with Crippen LogP contribution in [0, 0.1) is 10.8 Å². The maximum absolute atomic E-state index is 12.5. The molecule has 2 heterocycles. The highest BCUT2D eigenvalue weighted by Gasteiger charge is 2.82. The van der Waals surface area contributed by atoms with Crippen LogP contribution in [-0.4, -0.2) is 70.6 Å². The normalized spacial score (nSPS) is 44.2. The first-order valence-corrected chi connectivity index (χ1v) is 10.7. The molecule has 0 aromatic heterocycles. The second kappa shape index (κ2) is 7.57. The van der Waals surface area contributed by atoms with Crippen molar-refractivity contribution in [3.63, 3.8) is 0 Å². The summed E-state index contributed by atoms with van der Waals surface area (Å²) in [4.78, 5) is 12.5. The maximum Gasteiger partial charge on any atom is 0.331 e. The van der Waals surface area contributed by atoms with Crippen molar-refractivity contribution in [3.8, 4) is 0 Å². The first-order chi connectivity index (χ1) is 14.2. The van der Waals surface area contributed by atoms with Crippen LogP contribution in [0.2, 0.25) is 0 Å². The van der Waals surface area contributed by atoms with Crippen molar-refractivity contribution in [1.82, 2.24) is 0 Å². The monoisotopic (exact) mass is 420 g/mol. The van der Waals surface area contributed by atoms with Gasteiger partial charge in [0, 0.05) is 23.3 Å². The molecular weight excluding hydrogens is 388 g/mol. The zero-order valence-electron chi connectivity index (χ0n) is 17.8. The van der Waals surface area contributed by atoms with Crippen LogP contribution in [0.15, 0.2) is 36.0 Å². The Morgan fingerprint density at radius 2 is 2.13 bits per heavy atom. The molecule has 2 aliphatic heterocycles. The number of aliphatic hydroxyl groups is 3. The zero-order valence-corrected chi connectivity index (χ0v) is 17.8. The molecular formula is C23H32O7. The summed E-state index contributed by atoms with van der Waals surface area (Å²) in [6, 6.07) is 0. The van der Waals surface area contributed by atoms with E-state index in [-0.39, 0.29) is 18.8 Å². The first-order valence-electron chi connectivity index (χ1n) is 10.7. The molecule has 30 heavy (non-hydrogen) atoms. The van der Waals surface area contributed by atoms with Crippen molar-refractivity contribution >= 4 is 5.97 Å². The molecule has 166 valence electrons. The number of rotatable bonds is 6. The molecule has 4 rings (SSSR count). The summed E-state index contributed by atoms with van der Waals surface area (Å²) in [7, 11) is 0. The maximum atomic E-state index is 12.5. The third-order valence-electron chi connectivity index (χ3n) is 7.90. The molecule has 1 spiro atoms. The number of epoxide rings is 1. The summed E-state index contributed by atoms with van der Waals surface area (Å²) in [5, 5.41) is 29.4. The van der Waals surface area contributed by atoms with E-state index in [0.717, 1.165) is 12.8 Å². The number of ether oxygens (including phenoxy) is 3. The topological polar surface area (TPSA) is 109 Å². The molecule has 8 atom stereocenters. The van der Waals surface area contributed by atoms with Crippen LogP contribution in [-0.2, 0) is 19.0 Å². The van der Waals surface area contributed by atoms with Gasteiger partial charge < -0.3 is 29.5 Å². The number of hydrogen-bond acceptors (Lipinski definition) is 7.